The topological polar surface area (TPSA) is 43.7 Å². The molecule has 2 N–H and O–H groups in total. The summed E-state index contributed by atoms with van der Waals surface area (Å²) < 4.78 is 0. The van der Waals surface area contributed by atoms with E-state index in [1.165, 1.54) is 0 Å². The third-order valence-electron chi connectivity index (χ3n) is 2.66. The molecule has 0 spiro atoms. The van der Waals surface area contributed by atoms with Gasteiger partial charge in [-0.15, -0.1) is 0 Å². The van der Waals surface area contributed by atoms with E-state index in [0.717, 1.165) is 0 Å². The van der Waals surface area contributed by atoms with E-state index in [9.17, 15) is 5.11 Å². The fourth-order valence-corrected chi connectivity index (χ4v) is 0.644. The van der Waals surface area contributed by atoms with Crippen LogP contribution in [0.25, 0.3) is 0 Å². The second-order valence-corrected chi connectivity index (χ2v) is 3.96. The van der Waals surface area contributed by atoms with E-state index >= 15 is 0 Å². The van der Waals surface area contributed by atoms with E-state index < -0.39 is 11.1 Å². The number of hydrogen-bond acceptors (Lipinski definition) is 3. The Labute approximate surface area is 68.6 Å². The van der Waals surface area contributed by atoms with Crippen molar-refractivity contribution in [1.82, 2.24) is 4.90 Å². The predicted octanol–water partition coefficient (Wildman–Crippen LogP) is 0.417. The number of hydrogen-bond donors (Lipinski definition) is 2. The van der Waals surface area contributed by atoms with Crippen molar-refractivity contribution in [3.63, 3.8) is 0 Å². The molecule has 3 heteroatoms. The summed E-state index contributed by atoms with van der Waals surface area (Å²) in [7, 11) is 1.78. The summed E-state index contributed by atoms with van der Waals surface area (Å²) in [5.74, 6) is 0. The van der Waals surface area contributed by atoms with Gasteiger partial charge in [0.25, 0.3) is 0 Å². The first-order valence-electron chi connectivity index (χ1n) is 3.78. The van der Waals surface area contributed by atoms with Gasteiger partial charge >= 0.3 is 0 Å². The van der Waals surface area contributed by atoms with Crippen LogP contribution in [-0.2, 0) is 0 Å². The lowest BCUT2D eigenvalue weighted by molar-refractivity contribution is -0.0875. The Bertz CT molecular complexity index is 127. The average Bonchev–Trinajstić information content (AvgIpc) is 1.83. The van der Waals surface area contributed by atoms with Gasteiger partial charge in [-0.25, -0.2) is 0 Å². The lowest BCUT2D eigenvalue weighted by atomic mass is 9.85. The minimum absolute atomic E-state index is 0.0447. The molecule has 0 aromatic carbocycles. The number of aliphatic hydroxyl groups excluding tert-OH is 1. The third-order valence-corrected chi connectivity index (χ3v) is 2.66. The van der Waals surface area contributed by atoms with Crippen molar-refractivity contribution in [2.75, 3.05) is 13.8 Å². The quantitative estimate of drug-likeness (QED) is 0.589. The summed E-state index contributed by atoms with van der Waals surface area (Å²) in [6, 6.07) is 0. The highest BCUT2D eigenvalue weighted by Gasteiger charge is 2.38. The second-order valence-electron chi connectivity index (χ2n) is 3.96. The molecule has 0 radical (unpaired) electrons. The number of aliphatic hydroxyl groups is 2. The standard InChI is InChI=1S/C8H19NO2/c1-7(2,8(3,4)11)9(5)6-10/h10-11H,6H2,1-5H3. The largest absolute Gasteiger partial charge is 0.389 e. The molecule has 0 amide bonds. The highest BCUT2D eigenvalue weighted by molar-refractivity contribution is 4.93. The van der Waals surface area contributed by atoms with Crippen LogP contribution >= 0.6 is 0 Å². The molecule has 0 saturated carbocycles. The molecule has 0 atom stereocenters. The van der Waals surface area contributed by atoms with Crippen molar-refractivity contribution in [3.8, 4) is 0 Å². The molecule has 0 fully saturated rings. The van der Waals surface area contributed by atoms with Crippen LogP contribution < -0.4 is 0 Å². The van der Waals surface area contributed by atoms with Crippen LogP contribution in [0.1, 0.15) is 27.7 Å². The van der Waals surface area contributed by atoms with Crippen LogP contribution in [0.5, 0.6) is 0 Å². The predicted molar refractivity (Wildman–Crippen MR) is 45.2 cm³/mol. The van der Waals surface area contributed by atoms with Gasteiger partial charge in [-0.2, -0.15) is 0 Å². The Hall–Kier alpha value is -0.120. The van der Waals surface area contributed by atoms with Gasteiger partial charge in [-0.3, -0.25) is 4.90 Å². The second kappa shape index (κ2) is 3.09. The van der Waals surface area contributed by atoms with Gasteiger partial charge in [0, 0.05) is 5.54 Å². The highest BCUT2D eigenvalue weighted by atomic mass is 16.3. The Morgan fingerprint density at radius 2 is 1.55 bits per heavy atom. The molecule has 0 rings (SSSR count). The summed E-state index contributed by atoms with van der Waals surface area (Å²) in [6.07, 6.45) is 0. The molecule has 0 aromatic heterocycles. The van der Waals surface area contributed by atoms with E-state index in [0.29, 0.717) is 0 Å². The summed E-state index contributed by atoms with van der Waals surface area (Å²) in [5, 5.41) is 18.5. The molecule has 0 aliphatic heterocycles. The highest BCUT2D eigenvalue weighted by Crippen LogP contribution is 2.25. The number of likely N-dealkylation sites (N-methyl/N-ethyl adjacent to an activating group) is 1. The average molecular weight is 161 g/mol. The van der Waals surface area contributed by atoms with E-state index in [1.807, 2.05) is 13.8 Å². The van der Waals surface area contributed by atoms with Crippen LogP contribution in [0.15, 0.2) is 0 Å². The Kier molecular flexibility index (Phi) is 3.06. The Morgan fingerprint density at radius 1 is 1.18 bits per heavy atom. The monoisotopic (exact) mass is 161 g/mol. The third kappa shape index (κ3) is 2.15. The van der Waals surface area contributed by atoms with Gasteiger partial charge in [0.2, 0.25) is 0 Å². The molecular formula is C8H19NO2. The van der Waals surface area contributed by atoms with Gasteiger partial charge in [0.15, 0.2) is 0 Å². The van der Waals surface area contributed by atoms with Crippen molar-refractivity contribution in [1.29, 1.82) is 0 Å². The molecule has 3 nitrogen and oxygen atoms in total. The zero-order chi connectivity index (χ0) is 9.28. The van der Waals surface area contributed by atoms with Gasteiger partial charge in [-0.1, -0.05) is 0 Å². The van der Waals surface area contributed by atoms with Crippen LogP contribution in [0.3, 0.4) is 0 Å². The van der Waals surface area contributed by atoms with Crippen molar-refractivity contribution in [2.24, 2.45) is 0 Å². The molecule has 11 heavy (non-hydrogen) atoms. The summed E-state index contributed by atoms with van der Waals surface area (Å²) >= 11 is 0. The molecule has 0 aromatic rings. The smallest absolute Gasteiger partial charge is 0.0959 e. The van der Waals surface area contributed by atoms with Crippen molar-refractivity contribution < 1.29 is 10.2 Å². The van der Waals surface area contributed by atoms with Crippen LogP contribution in [-0.4, -0.2) is 40.0 Å². The molecule has 0 unspecified atom stereocenters. The maximum absolute atomic E-state index is 9.69. The molecule has 0 bridgehead atoms. The van der Waals surface area contributed by atoms with Gasteiger partial charge in [0.1, 0.15) is 0 Å². The van der Waals surface area contributed by atoms with Crippen molar-refractivity contribution in [2.45, 2.75) is 38.8 Å². The molecule has 0 aliphatic carbocycles. The van der Waals surface area contributed by atoms with E-state index in [-0.39, 0.29) is 6.73 Å². The zero-order valence-electron chi connectivity index (χ0n) is 8.05. The SMILES string of the molecule is CN(CO)C(C)(C)C(C)(C)O. The number of rotatable bonds is 3. The summed E-state index contributed by atoms with van der Waals surface area (Å²) in [6.45, 7) is 7.21. The molecular weight excluding hydrogens is 142 g/mol. The summed E-state index contributed by atoms with van der Waals surface area (Å²) in [5.41, 5.74) is -1.23. The van der Waals surface area contributed by atoms with Crippen LogP contribution in [0.4, 0.5) is 0 Å². The lowest BCUT2D eigenvalue weighted by Gasteiger charge is -2.43. The molecule has 0 saturated heterocycles. The van der Waals surface area contributed by atoms with Crippen molar-refractivity contribution in [3.05, 3.63) is 0 Å². The molecule has 68 valence electrons. The van der Waals surface area contributed by atoms with Gasteiger partial charge < -0.3 is 10.2 Å². The maximum atomic E-state index is 9.69. The minimum Gasteiger partial charge on any atom is -0.389 e. The molecule has 0 aliphatic rings. The van der Waals surface area contributed by atoms with E-state index in [4.69, 9.17) is 5.11 Å². The van der Waals surface area contributed by atoms with E-state index in [2.05, 4.69) is 0 Å². The van der Waals surface area contributed by atoms with E-state index in [1.54, 1.807) is 25.8 Å². The van der Waals surface area contributed by atoms with Crippen LogP contribution in [0, 0.1) is 0 Å². The fraction of sp³-hybridized carbons (Fsp3) is 1.00. The first-order chi connectivity index (χ1) is 4.73. The minimum atomic E-state index is -0.815. The first-order valence-corrected chi connectivity index (χ1v) is 3.78. The summed E-state index contributed by atoms with van der Waals surface area (Å²) in [4.78, 5) is 1.70. The lowest BCUT2D eigenvalue weighted by Crippen LogP contribution is -2.56. The Balaban J connectivity index is 4.45. The van der Waals surface area contributed by atoms with Gasteiger partial charge in [0.05, 0.1) is 12.3 Å². The fourth-order valence-electron chi connectivity index (χ4n) is 0.644. The number of nitrogens with zero attached hydrogens (tertiary/aromatic N) is 1. The van der Waals surface area contributed by atoms with Crippen LogP contribution in [0.2, 0.25) is 0 Å². The normalized spacial score (nSPS) is 14.2. The van der Waals surface area contributed by atoms with Crippen molar-refractivity contribution >= 4 is 0 Å². The maximum Gasteiger partial charge on any atom is 0.0959 e. The first kappa shape index (κ1) is 10.9. The Morgan fingerprint density at radius 3 is 1.64 bits per heavy atom. The zero-order valence-corrected chi connectivity index (χ0v) is 8.05. The molecule has 0 heterocycles. The van der Waals surface area contributed by atoms with Gasteiger partial charge in [-0.05, 0) is 34.7 Å².